The topological polar surface area (TPSA) is 40.9 Å². The number of ketones is 1. The van der Waals surface area contributed by atoms with Crippen molar-refractivity contribution in [3.63, 3.8) is 0 Å². The molecule has 4 saturated carbocycles. The van der Waals surface area contributed by atoms with E-state index in [1.807, 2.05) is 0 Å². The lowest BCUT2D eigenvalue weighted by Crippen LogP contribution is -2.53. The maximum absolute atomic E-state index is 12.4. The molecule has 0 aliphatic heterocycles. The number of carbonyl (C=O) groups is 1. The van der Waals surface area contributed by atoms with Crippen LogP contribution in [0, 0.1) is 51.8 Å². The Morgan fingerprint density at radius 2 is 1.86 bits per heavy atom. The van der Waals surface area contributed by atoms with Gasteiger partial charge < -0.3 is 0 Å². The Hall–Kier alpha value is -0.840. The van der Waals surface area contributed by atoms with Gasteiger partial charge in [-0.3, -0.25) is 4.79 Å². The van der Waals surface area contributed by atoms with Crippen molar-refractivity contribution in [1.29, 1.82) is 5.26 Å². The monoisotopic (exact) mass is 299 g/mol. The standard InChI is InChI=1S/C20H29NO/c1-19-9-7-13(12-21)11-14(19)3-4-15-16-5-6-18(22)20(16,2)10-8-17(15)19/h13-17H,3-11H2,1-2H3/t13-,14+,15+,16+,17+,19+,20+/m1/s1. The van der Waals surface area contributed by atoms with Gasteiger partial charge in [0.05, 0.1) is 6.07 Å². The lowest BCUT2D eigenvalue weighted by molar-refractivity contribution is -0.139. The molecule has 0 heterocycles. The van der Waals surface area contributed by atoms with Gasteiger partial charge in [0, 0.05) is 17.8 Å². The molecule has 4 aliphatic carbocycles. The van der Waals surface area contributed by atoms with Crippen LogP contribution in [0.2, 0.25) is 0 Å². The first-order chi connectivity index (χ1) is 10.5. The van der Waals surface area contributed by atoms with E-state index in [0.29, 0.717) is 23.0 Å². The minimum Gasteiger partial charge on any atom is -0.299 e. The van der Waals surface area contributed by atoms with Gasteiger partial charge >= 0.3 is 0 Å². The SMILES string of the molecule is C[C@]12CC[C@@H](C#N)C[C@@H]1CC[C@@H]1[C@@H]2CC[C@]2(C)C(=O)CC[C@@H]12. The highest BCUT2D eigenvalue weighted by atomic mass is 16.1. The molecule has 120 valence electrons. The fourth-order valence-electron chi connectivity index (χ4n) is 7.15. The Balaban J connectivity index is 1.62. The third kappa shape index (κ3) is 1.81. The number of hydrogen-bond acceptors (Lipinski definition) is 2. The van der Waals surface area contributed by atoms with Crippen LogP contribution < -0.4 is 0 Å². The van der Waals surface area contributed by atoms with Crippen molar-refractivity contribution in [2.24, 2.45) is 40.4 Å². The first-order valence-corrected chi connectivity index (χ1v) is 9.42. The molecular formula is C20H29NO. The predicted octanol–water partition coefficient (Wildman–Crippen LogP) is 4.74. The van der Waals surface area contributed by atoms with Crippen LogP contribution in [-0.2, 0) is 4.79 Å². The molecule has 4 aliphatic rings. The largest absolute Gasteiger partial charge is 0.299 e. The lowest BCUT2D eigenvalue weighted by atomic mass is 9.45. The van der Waals surface area contributed by atoms with E-state index in [2.05, 4.69) is 19.9 Å². The second-order valence-corrected chi connectivity index (χ2v) is 9.18. The summed E-state index contributed by atoms with van der Waals surface area (Å²) in [6, 6.07) is 2.53. The molecule has 4 fully saturated rings. The minimum atomic E-state index is 0.00815. The molecular weight excluding hydrogens is 270 g/mol. The zero-order valence-corrected chi connectivity index (χ0v) is 14.1. The number of hydrogen-bond donors (Lipinski definition) is 0. The van der Waals surface area contributed by atoms with E-state index < -0.39 is 0 Å². The molecule has 0 radical (unpaired) electrons. The predicted molar refractivity (Wildman–Crippen MR) is 85.8 cm³/mol. The normalized spacial score (nSPS) is 54.0. The first-order valence-electron chi connectivity index (χ1n) is 9.42. The Morgan fingerprint density at radius 3 is 2.64 bits per heavy atom. The maximum atomic E-state index is 12.4. The smallest absolute Gasteiger partial charge is 0.139 e. The van der Waals surface area contributed by atoms with Crippen molar-refractivity contribution < 1.29 is 4.79 Å². The highest BCUT2D eigenvalue weighted by Crippen LogP contribution is 2.65. The molecule has 0 spiro atoms. The summed E-state index contributed by atoms with van der Waals surface area (Å²) in [6.07, 6.45) is 10.5. The van der Waals surface area contributed by atoms with Crippen LogP contribution in [0.25, 0.3) is 0 Å². The number of Topliss-reactive ketones (excluding diaryl/α,β-unsaturated/α-hetero) is 1. The van der Waals surface area contributed by atoms with Crippen molar-refractivity contribution in [3.05, 3.63) is 0 Å². The van der Waals surface area contributed by atoms with E-state index in [0.717, 1.165) is 49.9 Å². The number of nitriles is 1. The maximum Gasteiger partial charge on any atom is 0.139 e. The molecule has 0 aromatic heterocycles. The summed E-state index contributed by atoms with van der Waals surface area (Å²) in [6.45, 7) is 4.80. The van der Waals surface area contributed by atoms with Gasteiger partial charge in [-0.15, -0.1) is 0 Å². The van der Waals surface area contributed by atoms with Crippen molar-refractivity contribution in [2.75, 3.05) is 0 Å². The average molecular weight is 299 g/mol. The van der Waals surface area contributed by atoms with Crippen molar-refractivity contribution in [1.82, 2.24) is 0 Å². The molecule has 22 heavy (non-hydrogen) atoms. The molecule has 0 N–H and O–H groups in total. The molecule has 4 rings (SSSR count). The van der Waals surface area contributed by atoms with Gasteiger partial charge in [-0.2, -0.15) is 5.26 Å². The minimum absolute atomic E-state index is 0.00815. The number of nitrogens with zero attached hydrogens (tertiary/aromatic N) is 1. The molecule has 0 unspecified atom stereocenters. The summed E-state index contributed by atoms with van der Waals surface area (Å²) in [5, 5.41) is 9.30. The molecule has 0 aromatic carbocycles. The summed E-state index contributed by atoms with van der Waals surface area (Å²) in [5.74, 6) is 3.87. The fourth-order valence-corrected chi connectivity index (χ4v) is 7.15. The van der Waals surface area contributed by atoms with Gasteiger partial charge in [-0.1, -0.05) is 13.8 Å². The van der Waals surface area contributed by atoms with E-state index >= 15 is 0 Å². The summed E-state index contributed by atoms with van der Waals surface area (Å²) >= 11 is 0. The molecule has 0 saturated heterocycles. The average Bonchev–Trinajstić information content (AvgIpc) is 2.82. The zero-order chi connectivity index (χ0) is 15.5. The van der Waals surface area contributed by atoms with Crippen LogP contribution in [0.1, 0.15) is 71.6 Å². The summed E-state index contributed by atoms with van der Waals surface area (Å²) in [5.41, 5.74) is 0.456. The fraction of sp³-hybridized carbons (Fsp3) is 0.900. The van der Waals surface area contributed by atoms with E-state index in [-0.39, 0.29) is 5.41 Å². The Morgan fingerprint density at radius 1 is 1.05 bits per heavy atom. The van der Waals surface area contributed by atoms with E-state index in [1.165, 1.54) is 25.7 Å². The van der Waals surface area contributed by atoms with Crippen molar-refractivity contribution in [2.45, 2.75) is 71.6 Å². The zero-order valence-electron chi connectivity index (χ0n) is 14.1. The van der Waals surface area contributed by atoms with E-state index in [9.17, 15) is 10.1 Å². The van der Waals surface area contributed by atoms with Gasteiger partial charge in [0.2, 0.25) is 0 Å². The number of carbonyl (C=O) groups excluding carboxylic acids is 1. The van der Waals surface area contributed by atoms with Crippen LogP contribution in [0.15, 0.2) is 0 Å². The number of rotatable bonds is 0. The molecule has 7 atom stereocenters. The van der Waals surface area contributed by atoms with Crippen LogP contribution in [0.4, 0.5) is 0 Å². The second kappa shape index (κ2) is 4.83. The first kappa shape index (κ1) is 14.7. The van der Waals surface area contributed by atoms with Crippen LogP contribution in [0.3, 0.4) is 0 Å². The molecule has 0 amide bonds. The lowest BCUT2D eigenvalue weighted by Gasteiger charge is -2.60. The Bertz CT molecular complexity index is 534. The molecule has 0 bridgehead atoms. The summed E-state index contributed by atoms with van der Waals surface area (Å²) in [4.78, 5) is 12.4. The summed E-state index contributed by atoms with van der Waals surface area (Å²) in [7, 11) is 0. The Kier molecular flexibility index (Phi) is 3.23. The molecule has 2 nitrogen and oxygen atoms in total. The highest BCUT2D eigenvalue weighted by molar-refractivity contribution is 5.87. The van der Waals surface area contributed by atoms with Crippen LogP contribution in [0.5, 0.6) is 0 Å². The van der Waals surface area contributed by atoms with Gasteiger partial charge in [-0.25, -0.2) is 0 Å². The highest BCUT2D eigenvalue weighted by Gasteiger charge is 2.60. The Labute approximate surface area is 134 Å². The summed E-state index contributed by atoms with van der Waals surface area (Å²) < 4.78 is 0. The van der Waals surface area contributed by atoms with Crippen LogP contribution in [-0.4, -0.2) is 5.78 Å². The molecule has 2 heteroatoms. The van der Waals surface area contributed by atoms with Crippen molar-refractivity contribution in [3.8, 4) is 6.07 Å². The quantitative estimate of drug-likeness (QED) is 0.648. The third-order valence-electron chi connectivity index (χ3n) is 8.56. The number of fused-ring (bicyclic) bond motifs is 5. The second-order valence-electron chi connectivity index (χ2n) is 9.18. The van der Waals surface area contributed by atoms with E-state index in [4.69, 9.17) is 0 Å². The van der Waals surface area contributed by atoms with Gasteiger partial charge in [0.15, 0.2) is 0 Å². The van der Waals surface area contributed by atoms with Gasteiger partial charge in [0.1, 0.15) is 5.78 Å². The van der Waals surface area contributed by atoms with Crippen LogP contribution >= 0.6 is 0 Å². The molecule has 0 aromatic rings. The van der Waals surface area contributed by atoms with Gasteiger partial charge in [0.25, 0.3) is 0 Å². The van der Waals surface area contributed by atoms with Gasteiger partial charge in [-0.05, 0) is 80.5 Å². The third-order valence-corrected chi connectivity index (χ3v) is 8.56. The van der Waals surface area contributed by atoms with E-state index in [1.54, 1.807) is 0 Å². The van der Waals surface area contributed by atoms with Crippen molar-refractivity contribution >= 4 is 5.78 Å².